The van der Waals surface area contributed by atoms with E-state index < -0.39 is 25.3 Å². The zero-order chi connectivity index (χ0) is 20.7. The molecule has 0 aliphatic rings. The second-order valence-electron chi connectivity index (χ2n) is 4.67. The van der Waals surface area contributed by atoms with E-state index in [9.17, 15) is 31.7 Å². The normalized spacial score (nSPS) is 11.0. The van der Waals surface area contributed by atoms with Gasteiger partial charge in [-0.05, 0) is 24.3 Å². The highest BCUT2D eigenvalue weighted by atomic mass is 32.2. The second kappa shape index (κ2) is 9.15. The third-order valence-electron chi connectivity index (χ3n) is 2.69. The minimum absolute atomic E-state index is 0.118. The Balaban J connectivity index is 0.000000277. The Labute approximate surface area is 153 Å². The van der Waals surface area contributed by atoms with E-state index in [1.165, 1.54) is 42.5 Å². The molecule has 0 atom stereocenters. The molecule has 27 heavy (non-hydrogen) atoms. The van der Waals surface area contributed by atoms with Crippen LogP contribution in [0.15, 0.2) is 53.4 Å². The van der Waals surface area contributed by atoms with Gasteiger partial charge in [0, 0.05) is 17.7 Å². The van der Waals surface area contributed by atoms with E-state index >= 15 is 0 Å². The Morgan fingerprint density at radius 1 is 1.00 bits per heavy atom. The minimum atomic E-state index is -4.34. The molecule has 0 saturated carbocycles. The van der Waals surface area contributed by atoms with Gasteiger partial charge in [-0.2, -0.15) is 16.8 Å². The number of hydrogen-bond donors (Lipinski definition) is 4. The molecule has 0 aliphatic heterocycles. The van der Waals surface area contributed by atoms with Crippen molar-refractivity contribution >= 4 is 38.1 Å². The van der Waals surface area contributed by atoms with Crippen LogP contribution in [0.1, 0.15) is 10.4 Å². The van der Waals surface area contributed by atoms with Gasteiger partial charge in [-0.15, -0.1) is 4.83 Å². The van der Waals surface area contributed by atoms with Crippen LogP contribution < -0.4 is 10.3 Å². The summed E-state index contributed by atoms with van der Waals surface area (Å²) in [4.78, 5) is 21.2. The molecule has 0 saturated heterocycles. The van der Waals surface area contributed by atoms with Gasteiger partial charge in [-0.25, -0.2) is 0 Å². The van der Waals surface area contributed by atoms with E-state index in [2.05, 4.69) is 5.43 Å². The number of nitrogens with zero attached hydrogens (tertiary/aromatic N) is 1. The lowest BCUT2D eigenvalue weighted by Crippen LogP contribution is -2.28. The molecule has 2 rings (SSSR count). The molecule has 2 aromatic rings. The smallest absolute Gasteiger partial charge is 0.306 e. The van der Waals surface area contributed by atoms with Gasteiger partial charge in [0.05, 0.1) is 15.5 Å². The molecular weight excluding hydrogens is 406 g/mol. The number of nitro benzene ring substituents is 1. The van der Waals surface area contributed by atoms with Crippen molar-refractivity contribution in [2.45, 2.75) is 4.90 Å². The summed E-state index contributed by atoms with van der Waals surface area (Å²) >= 11 is 0. The second-order valence-corrected chi connectivity index (χ2v) is 7.25. The first-order chi connectivity index (χ1) is 12.4. The maximum absolute atomic E-state index is 10.5. The Morgan fingerprint density at radius 2 is 1.59 bits per heavy atom. The van der Waals surface area contributed by atoms with Gasteiger partial charge in [0.2, 0.25) is 0 Å². The average molecular weight is 419 g/mol. The maximum Gasteiger partial charge on any atom is 0.350 e. The van der Waals surface area contributed by atoms with Crippen molar-refractivity contribution < 1.29 is 35.7 Å². The monoisotopic (exact) mass is 419 g/mol. The van der Waals surface area contributed by atoms with Gasteiger partial charge >= 0.3 is 10.3 Å². The van der Waals surface area contributed by atoms with Crippen LogP contribution in [0.3, 0.4) is 0 Å². The SMILES string of the molecule is O=Cc1cccc(S(=O)(=O)O)c1.O=[N+]([O-])c1ccc(NNS(=O)(=O)O)cc1. The van der Waals surface area contributed by atoms with Gasteiger partial charge < -0.3 is 5.43 Å². The number of carbonyl (C=O) groups is 1. The number of benzene rings is 2. The van der Waals surface area contributed by atoms with Crippen LogP contribution in [0.4, 0.5) is 11.4 Å². The molecule has 0 unspecified atom stereocenters. The predicted octanol–water partition coefficient (Wildman–Crippen LogP) is 1.06. The molecule has 0 radical (unpaired) electrons. The van der Waals surface area contributed by atoms with Crippen molar-refractivity contribution in [2.75, 3.05) is 5.43 Å². The summed E-state index contributed by atoms with van der Waals surface area (Å²) < 4.78 is 58.5. The summed E-state index contributed by atoms with van der Waals surface area (Å²) in [6.45, 7) is 0. The predicted molar refractivity (Wildman–Crippen MR) is 93.0 cm³/mol. The van der Waals surface area contributed by atoms with Gasteiger partial charge in [-0.1, -0.05) is 12.1 Å². The van der Waals surface area contributed by atoms with Gasteiger partial charge in [0.1, 0.15) is 6.29 Å². The van der Waals surface area contributed by atoms with E-state index in [0.29, 0.717) is 6.29 Å². The summed E-state index contributed by atoms with van der Waals surface area (Å²) in [5.41, 5.74) is 2.50. The Morgan fingerprint density at radius 3 is 2.04 bits per heavy atom. The summed E-state index contributed by atoms with van der Waals surface area (Å²) in [5, 5.41) is 10.3. The molecule has 0 aliphatic carbocycles. The van der Waals surface area contributed by atoms with Crippen LogP contribution in [0.5, 0.6) is 0 Å². The molecule has 0 fully saturated rings. The van der Waals surface area contributed by atoms with Crippen LogP contribution >= 0.6 is 0 Å². The van der Waals surface area contributed by atoms with Crippen LogP contribution in [-0.2, 0) is 20.4 Å². The maximum atomic E-state index is 10.5. The van der Waals surface area contributed by atoms with E-state index in [4.69, 9.17) is 9.11 Å². The molecule has 0 aromatic heterocycles. The van der Waals surface area contributed by atoms with E-state index in [1.807, 2.05) is 0 Å². The highest BCUT2D eigenvalue weighted by Crippen LogP contribution is 2.14. The van der Waals surface area contributed by atoms with Crippen LogP contribution in [0.25, 0.3) is 0 Å². The molecule has 0 bridgehead atoms. The average Bonchev–Trinajstić information content (AvgIpc) is 2.59. The lowest BCUT2D eigenvalue weighted by molar-refractivity contribution is -0.384. The number of nitro groups is 1. The number of hydrogen-bond acceptors (Lipinski definition) is 8. The lowest BCUT2D eigenvalue weighted by atomic mass is 10.2. The Hall–Kier alpha value is -2.91. The van der Waals surface area contributed by atoms with Crippen molar-refractivity contribution in [3.63, 3.8) is 0 Å². The summed E-state index contributed by atoms with van der Waals surface area (Å²) in [6.07, 6.45) is 0.509. The molecule has 146 valence electrons. The van der Waals surface area contributed by atoms with Crippen LogP contribution in [-0.4, -0.2) is 37.2 Å². The topological polar surface area (TPSA) is 193 Å². The number of nitrogens with one attached hydrogen (secondary N) is 2. The number of hydrazine groups is 1. The zero-order valence-corrected chi connectivity index (χ0v) is 14.8. The van der Waals surface area contributed by atoms with Crippen molar-refractivity contribution in [1.29, 1.82) is 0 Å². The first kappa shape index (κ1) is 22.1. The molecule has 0 amide bonds. The number of non-ortho nitro benzene ring substituents is 1. The van der Waals surface area contributed by atoms with Crippen molar-refractivity contribution in [3.8, 4) is 0 Å². The molecule has 12 nitrogen and oxygen atoms in total. The molecule has 0 heterocycles. The fourth-order valence-corrected chi connectivity index (χ4v) is 2.32. The molecule has 2 aromatic carbocycles. The standard InChI is InChI=1S/C7H6O4S.C6H7N3O5S/c8-5-6-2-1-3-7(4-6)12(9,10)11;10-9(11)6-3-1-5(2-4-6)7-8-15(12,13)14/h1-5H,(H,9,10,11);1-4,7-8H,(H,12,13,14). The van der Waals surface area contributed by atoms with E-state index in [0.717, 1.165) is 6.07 Å². The van der Waals surface area contributed by atoms with E-state index in [1.54, 1.807) is 4.83 Å². The van der Waals surface area contributed by atoms with Crippen molar-refractivity contribution in [1.82, 2.24) is 4.83 Å². The lowest BCUT2D eigenvalue weighted by Gasteiger charge is -2.04. The number of aldehydes is 1. The number of rotatable bonds is 6. The fourth-order valence-electron chi connectivity index (χ4n) is 1.54. The summed E-state index contributed by atoms with van der Waals surface area (Å²) in [5.74, 6) is 0. The third-order valence-corrected chi connectivity index (χ3v) is 3.90. The number of carbonyl (C=O) groups excluding carboxylic acids is 1. The van der Waals surface area contributed by atoms with Gasteiger partial charge in [0.25, 0.3) is 15.8 Å². The first-order valence-electron chi connectivity index (χ1n) is 6.70. The molecule has 4 N–H and O–H groups in total. The molecular formula is C13H13N3O9S2. The molecule has 14 heteroatoms. The van der Waals surface area contributed by atoms with Crippen LogP contribution in [0.2, 0.25) is 0 Å². The van der Waals surface area contributed by atoms with Gasteiger partial charge in [-0.3, -0.25) is 24.0 Å². The first-order valence-corrected chi connectivity index (χ1v) is 9.58. The van der Waals surface area contributed by atoms with Crippen molar-refractivity contribution in [3.05, 3.63) is 64.2 Å². The highest BCUT2D eigenvalue weighted by molar-refractivity contribution is 7.85. The summed E-state index contributed by atoms with van der Waals surface area (Å²) in [7, 11) is -8.54. The Kier molecular flexibility index (Phi) is 7.50. The Bertz CT molecular complexity index is 1020. The molecule has 0 spiro atoms. The third kappa shape index (κ3) is 8.34. The number of anilines is 1. The van der Waals surface area contributed by atoms with E-state index in [-0.39, 0.29) is 21.8 Å². The largest absolute Gasteiger partial charge is 0.350 e. The summed E-state index contributed by atoms with van der Waals surface area (Å²) in [6, 6.07) is 10.1. The quantitative estimate of drug-likeness (QED) is 0.228. The van der Waals surface area contributed by atoms with Crippen molar-refractivity contribution in [2.24, 2.45) is 0 Å². The zero-order valence-electron chi connectivity index (χ0n) is 13.2. The fraction of sp³-hybridized carbons (Fsp3) is 0. The minimum Gasteiger partial charge on any atom is -0.306 e. The van der Waals surface area contributed by atoms with Gasteiger partial charge in [0.15, 0.2) is 0 Å². The van der Waals surface area contributed by atoms with Crippen LogP contribution in [0, 0.1) is 10.1 Å². The highest BCUT2D eigenvalue weighted by Gasteiger charge is 2.08.